The highest BCUT2D eigenvalue weighted by atomic mass is 35.5. The molecule has 1 N–H and O–H groups in total. The number of hydrogen-bond donors (Lipinski definition) is 1. The molecule has 24 heavy (non-hydrogen) atoms. The number of likely N-dealkylation sites (N-methyl/N-ethyl adjacent to an activating group) is 1. The predicted octanol–water partition coefficient (Wildman–Crippen LogP) is 3.52. The van der Waals surface area contributed by atoms with Gasteiger partial charge in [0.1, 0.15) is 5.75 Å². The number of benzene rings is 1. The lowest BCUT2D eigenvalue weighted by atomic mass is 10.0. The summed E-state index contributed by atoms with van der Waals surface area (Å²) in [6.45, 7) is 10.1. The SMILES string of the molecule is Cc1ccc(C(C)C)c(OC(C)C(=O)N(C)C2CCNCC2)c1.Cl. The lowest BCUT2D eigenvalue weighted by molar-refractivity contribution is -0.139. The smallest absolute Gasteiger partial charge is 0.263 e. The van der Waals surface area contributed by atoms with Gasteiger partial charge < -0.3 is 15.0 Å². The minimum atomic E-state index is -0.464. The molecule has 0 bridgehead atoms. The minimum Gasteiger partial charge on any atom is -0.481 e. The fraction of sp³-hybridized carbons (Fsp3) is 0.632. The van der Waals surface area contributed by atoms with Crippen molar-refractivity contribution in [2.24, 2.45) is 0 Å². The van der Waals surface area contributed by atoms with Crippen LogP contribution in [0.1, 0.15) is 50.7 Å². The van der Waals surface area contributed by atoms with E-state index in [1.807, 2.05) is 31.9 Å². The Morgan fingerprint density at radius 3 is 2.46 bits per heavy atom. The summed E-state index contributed by atoms with van der Waals surface area (Å²) in [5, 5.41) is 3.33. The molecule has 1 saturated heterocycles. The molecule has 5 heteroatoms. The molecule has 4 nitrogen and oxygen atoms in total. The first kappa shape index (κ1) is 20.8. The topological polar surface area (TPSA) is 41.6 Å². The first-order chi connectivity index (χ1) is 10.9. The van der Waals surface area contributed by atoms with E-state index in [0.717, 1.165) is 42.8 Å². The second-order valence-corrected chi connectivity index (χ2v) is 6.89. The Kier molecular flexibility index (Phi) is 8.04. The van der Waals surface area contributed by atoms with Gasteiger partial charge in [-0.2, -0.15) is 0 Å². The highest BCUT2D eigenvalue weighted by Gasteiger charge is 2.27. The first-order valence-corrected chi connectivity index (χ1v) is 8.64. The maximum atomic E-state index is 12.7. The van der Waals surface area contributed by atoms with Gasteiger partial charge in [0.2, 0.25) is 0 Å². The van der Waals surface area contributed by atoms with E-state index in [0.29, 0.717) is 12.0 Å². The van der Waals surface area contributed by atoms with Crippen molar-refractivity contribution in [1.29, 1.82) is 0 Å². The van der Waals surface area contributed by atoms with E-state index in [4.69, 9.17) is 4.74 Å². The molecule has 1 aliphatic heterocycles. The Bertz CT molecular complexity index is 542. The molecule has 0 radical (unpaired) electrons. The highest BCUT2D eigenvalue weighted by Crippen LogP contribution is 2.28. The molecule has 1 heterocycles. The number of nitrogens with zero attached hydrogens (tertiary/aromatic N) is 1. The van der Waals surface area contributed by atoms with Crippen LogP contribution in [-0.2, 0) is 4.79 Å². The summed E-state index contributed by atoms with van der Waals surface area (Å²) in [6.07, 6.45) is 1.56. The molecule has 2 rings (SSSR count). The summed E-state index contributed by atoms with van der Waals surface area (Å²) < 4.78 is 6.05. The largest absolute Gasteiger partial charge is 0.481 e. The Balaban J connectivity index is 0.00000288. The number of hydrogen-bond acceptors (Lipinski definition) is 3. The lowest BCUT2D eigenvalue weighted by Crippen LogP contribution is -2.48. The van der Waals surface area contributed by atoms with E-state index >= 15 is 0 Å². The van der Waals surface area contributed by atoms with E-state index in [2.05, 4.69) is 31.3 Å². The number of halogens is 1. The molecule has 1 aromatic rings. The van der Waals surface area contributed by atoms with Crippen molar-refractivity contribution >= 4 is 18.3 Å². The monoisotopic (exact) mass is 354 g/mol. The average molecular weight is 355 g/mol. The molecule has 1 unspecified atom stereocenters. The van der Waals surface area contributed by atoms with Crippen molar-refractivity contribution < 1.29 is 9.53 Å². The Hall–Kier alpha value is -1.26. The van der Waals surface area contributed by atoms with Gasteiger partial charge >= 0.3 is 0 Å². The Morgan fingerprint density at radius 2 is 1.88 bits per heavy atom. The van der Waals surface area contributed by atoms with E-state index in [-0.39, 0.29) is 18.3 Å². The molecule has 0 spiro atoms. The zero-order valence-corrected chi connectivity index (χ0v) is 16.3. The molecular weight excluding hydrogens is 324 g/mol. The Labute approximate surface area is 152 Å². The maximum Gasteiger partial charge on any atom is 0.263 e. The third-order valence-electron chi connectivity index (χ3n) is 4.65. The summed E-state index contributed by atoms with van der Waals surface area (Å²) in [4.78, 5) is 14.6. The summed E-state index contributed by atoms with van der Waals surface area (Å²) in [6, 6.07) is 6.54. The molecule has 0 aliphatic carbocycles. The second kappa shape index (κ2) is 9.28. The summed E-state index contributed by atoms with van der Waals surface area (Å²) in [7, 11) is 1.90. The third kappa shape index (κ3) is 5.12. The molecule has 1 aliphatic rings. The minimum absolute atomic E-state index is 0. The van der Waals surface area contributed by atoms with Gasteiger partial charge in [-0.1, -0.05) is 26.0 Å². The van der Waals surface area contributed by atoms with Crippen molar-refractivity contribution in [2.45, 2.75) is 58.6 Å². The number of piperidine rings is 1. The molecule has 1 atom stereocenters. The van der Waals surface area contributed by atoms with Gasteiger partial charge in [0.25, 0.3) is 5.91 Å². The Morgan fingerprint density at radius 1 is 1.25 bits per heavy atom. The third-order valence-corrected chi connectivity index (χ3v) is 4.65. The summed E-state index contributed by atoms with van der Waals surface area (Å²) >= 11 is 0. The van der Waals surface area contributed by atoms with Gasteiger partial charge in [0, 0.05) is 13.1 Å². The van der Waals surface area contributed by atoms with E-state index in [1.54, 1.807) is 0 Å². The van der Waals surface area contributed by atoms with Crippen molar-refractivity contribution in [1.82, 2.24) is 10.2 Å². The van der Waals surface area contributed by atoms with E-state index < -0.39 is 6.10 Å². The first-order valence-electron chi connectivity index (χ1n) is 8.64. The van der Waals surface area contributed by atoms with Crippen molar-refractivity contribution in [2.75, 3.05) is 20.1 Å². The summed E-state index contributed by atoms with van der Waals surface area (Å²) in [5.74, 6) is 1.27. The summed E-state index contributed by atoms with van der Waals surface area (Å²) in [5.41, 5.74) is 2.30. The van der Waals surface area contributed by atoms with Crippen LogP contribution in [0.15, 0.2) is 18.2 Å². The fourth-order valence-corrected chi connectivity index (χ4v) is 3.12. The van der Waals surface area contributed by atoms with Crippen LogP contribution < -0.4 is 10.1 Å². The zero-order valence-electron chi connectivity index (χ0n) is 15.5. The quantitative estimate of drug-likeness (QED) is 0.879. The van der Waals surface area contributed by atoms with Crippen LogP contribution in [0.2, 0.25) is 0 Å². The van der Waals surface area contributed by atoms with Crippen molar-refractivity contribution in [3.63, 3.8) is 0 Å². The number of aryl methyl sites for hydroxylation is 1. The fourth-order valence-electron chi connectivity index (χ4n) is 3.12. The molecule has 1 aromatic carbocycles. The van der Waals surface area contributed by atoms with E-state index in [1.165, 1.54) is 0 Å². The number of rotatable bonds is 5. The van der Waals surface area contributed by atoms with E-state index in [9.17, 15) is 4.79 Å². The normalized spacial score (nSPS) is 16.4. The van der Waals surface area contributed by atoms with Crippen LogP contribution in [0, 0.1) is 6.92 Å². The van der Waals surface area contributed by atoms with Gasteiger partial charge in [0.15, 0.2) is 6.10 Å². The van der Waals surface area contributed by atoms with Crippen LogP contribution in [0.5, 0.6) is 5.75 Å². The molecular formula is C19H31ClN2O2. The van der Waals surface area contributed by atoms with Gasteiger partial charge in [-0.3, -0.25) is 4.79 Å². The standard InChI is InChI=1S/C19H30N2O2.ClH/c1-13(2)17-7-6-14(3)12-18(17)23-15(4)19(22)21(5)16-8-10-20-11-9-16;/h6-7,12-13,15-16,20H,8-11H2,1-5H3;1H. The van der Waals surface area contributed by atoms with Gasteiger partial charge in [0.05, 0.1) is 0 Å². The molecule has 136 valence electrons. The van der Waals surface area contributed by atoms with Crippen LogP contribution in [0.3, 0.4) is 0 Å². The van der Waals surface area contributed by atoms with Gasteiger partial charge in [-0.25, -0.2) is 0 Å². The molecule has 0 aromatic heterocycles. The molecule has 1 fully saturated rings. The van der Waals surface area contributed by atoms with Crippen LogP contribution >= 0.6 is 12.4 Å². The molecule has 0 saturated carbocycles. The number of nitrogens with one attached hydrogen (secondary N) is 1. The van der Waals surface area contributed by atoms with Gasteiger partial charge in [-0.15, -0.1) is 12.4 Å². The molecule has 1 amide bonds. The lowest BCUT2D eigenvalue weighted by Gasteiger charge is -2.33. The second-order valence-electron chi connectivity index (χ2n) is 6.89. The van der Waals surface area contributed by atoms with Crippen molar-refractivity contribution in [3.8, 4) is 5.75 Å². The average Bonchev–Trinajstić information content (AvgIpc) is 2.54. The predicted molar refractivity (Wildman–Crippen MR) is 101 cm³/mol. The number of amides is 1. The van der Waals surface area contributed by atoms with Crippen LogP contribution in [-0.4, -0.2) is 43.1 Å². The zero-order chi connectivity index (χ0) is 17.0. The van der Waals surface area contributed by atoms with Gasteiger partial charge in [-0.05, 0) is 62.9 Å². The highest BCUT2D eigenvalue weighted by molar-refractivity contribution is 5.85. The van der Waals surface area contributed by atoms with Crippen LogP contribution in [0.4, 0.5) is 0 Å². The van der Waals surface area contributed by atoms with Crippen LogP contribution in [0.25, 0.3) is 0 Å². The number of carbonyl (C=O) groups is 1. The maximum absolute atomic E-state index is 12.7. The van der Waals surface area contributed by atoms with Crippen molar-refractivity contribution in [3.05, 3.63) is 29.3 Å². The number of ether oxygens (including phenoxy) is 1. The number of carbonyl (C=O) groups excluding carboxylic acids is 1.